The van der Waals surface area contributed by atoms with Gasteiger partial charge in [-0.2, -0.15) is 0 Å². The molecule has 0 radical (unpaired) electrons. The number of hydrogen-bond donors (Lipinski definition) is 2. The van der Waals surface area contributed by atoms with Gasteiger partial charge in [0.05, 0.1) is 0 Å². The lowest BCUT2D eigenvalue weighted by Crippen LogP contribution is -2.49. The van der Waals surface area contributed by atoms with E-state index in [4.69, 9.17) is 0 Å². The van der Waals surface area contributed by atoms with Gasteiger partial charge in [0.1, 0.15) is 0 Å². The fourth-order valence-corrected chi connectivity index (χ4v) is 2.53. The van der Waals surface area contributed by atoms with Crippen LogP contribution in [0.4, 0.5) is 0 Å². The third kappa shape index (κ3) is 7.34. The Morgan fingerprint density at radius 1 is 1.26 bits per heavy atom. The number of aliphatic imine (C=N–C) groups is 1. The zero-order chi connectivity index (χ0) is 13.2. The summed E-state index contributed by atoms with van der Waals surface area (Å²) in [5.41, 5.74) is 0. The van der Waals surface area contributed by atoms with Gasteiger partial charge in [0, 0.05) is 26.2 Å². The van der Waals surface area contributed by atoms with Crippen LogP contribution in [0, 0.1) is 0 Å². The van der Waals surface area contributed by atoms with Crippen LogP contribution in [0.2, 0.25) is 0 Å². The largest absolute Gasteiger partial charge is 0.356 e. The molecule has 0 spiro atoms. The molecule has 1 rings (SSSR count). The molecule has 1 atom stereocenters. The predicted octanol–water partition coefficient (Wildman–Crippen LogP) is 2.44. The lowest BCUT2D eigenvalue weighted by Gasteiger charge is -2.35. The maximum atomic E-state index is 4.27. The summed E-state index contributed by atoms with van der Waals surface area (Å²) in [6.07, 6.45) is 6.45. The van der Waals surface area contributed by atoms with Gasteiger partial charge in [0.15, 0.2) is 5.96 Å². The third-order valence-electron chi connectivity index (χ3n) is 3.71. The molecule has 0 aromatic rings. The highest BCUT2D eigenvalue weighted by atomic mass is 127. The van der Waals surface area contributed by atoms with Crippen molar-refractivity contribution >= 4 is 29.9 Å². The number of hydrogen-bond acceptors (Lipinski definition) is 2. The second-order valence-corrected chi connectivity index (χ2v) is 5.01. The number of likely N-dealkylation sites (N-methyl/N-ethyl adjacent to an activating group) is 1. The van der Waals surface area contributed by atoms with Crippen molar-refractivity contribution in [3.8, 4) is 0 Å². The van der Waals surface area contributed by atoms with Crippen LogP contribution in [-0.4, -0.2) is 50.1 Å². The van der Waals surface area contributed by atoms with Gasteiger partial charge in [0.2, 0.25) is 0 Å². The standard InChI is InChI=1S/C14H30N4.HI/c1-4-6-10-16-14(15-3)17-12-13-9-7-8-11-18(13)5-2;/h13H,4-12H2,1-3H3,(H2,15,16,17);1H. The number of halogens is 1. The average Bonchev–Trinajstić information content (AvgIpc) is 2.43. The van der Waals surface area contributed by atoms with Gasteiger partial charge in [-0.25, -0.2) is 0 Å². The first-order chi connectivity index (χ1) is 8.81. The molecule has 0 amide bonds. The number of guanidine groups is 1. The third-order valence-corrected chi connectivity index (χ3v) is 3.71. The van der Waals surface area contributed by atoms with E-state index in [9.17, 15) is 0 Å². The molecule has 1 heterocycles. The minimum absolute atomic E-state index is 0. The Hall–Kier alpha value is -0.0400. The Kier molecular flexibility index (Phi) is 11.7. The van der Waals surface area contributed by atoms with Crippen molar-refractivity contribution in [1.29, 1.82) is 0 Å². The van der Waals surface area contributed by atoms with Crippen LogP contribution in [0.3, 0.4) is 0 Å². The number of rotatable bonds is 6. The van der Waals surface area contributed by atoms with Crippen LogP contribution >= 0.6 is 24.0 Å². The maximum Gasteiger partial charge on any atom is 0.191 e. The van der Waals surface area contributed by atoms with Gasteiger partial charge >= 0.3 is 0 Å². The molecule has 5 heteroatoms. The Bertz CT molecular complexity index is 246. The first-order valence-corrected chi connectivity index (χ1v) is 7.50. The summed E-state index contributed by atoms with van der Waals surface area (Å²) in [5, 5.41) is 6.82. The van der Waals surface area contributed by atoms with E-state index in [1.54, 1.807) is 0 Å². The molecule has 1 aliphatic heterocycles. The van der Waals surface area contributed by atoms with Crippen LogP contribution in [0.1, 0.15) is 46.0 Å². The number of nitrogens with one attached hydrogen (secondary N) is 2. The van der Waals surface area contributed by atoms with Crippen LogP contribution in [-0.2, 0) is 0 Å². The number of piperidine rings is 1. The van der Waals surface area contributed by atoms with Gasteiger partial charge in [-0.1, -0.05) is 26.7 Å². The van der Waals surface area contributed by atoms with E-state index in [0.717, 1.165) is 25.6 Å². The van der Waals surface area contributed by atoms with Gasteiger partial charge in [-0.15, -0.1) is 24.0 Å². The minimum atomic E-state index is 0. The van der Waals surface area contributed by atoms with E-state index in [1.165, 1.54) is 38.6 Å². The van der Waals surface area contributed by atoms with Crippen molar-refractivity contribution in [1.82, 2.24) is 15.5 Å². The zero-order valence-electron chi connectivity index (χ0n) is 12.7. The summed E-state index contributed by atoms with van der Waals surface area (Å²) in [4.78, 5) is 6.85. The molecule has 0 saturated carbocycles. The van der Waals surface area contributed by atoms with Crippen molar-refractivity contribution < 1.29 is 0 Å². The summed E-state index contributed by atoms with van der Waals surface area (Å²) in [7, 11) is 1.85. The van der Waals surface area contributed by atoms with Crippen molar-refractivity contribution in [2.45, 2.75) is 52.0 Å². The Morgan fingerprint density at radius 3 is 2.68 bits per heavy atom. The fourth-order valence-electron chi connectivity index (χ4n) is 2.53. The van der Waals surface area contributed by atoms with E-state index in [2.05, 4.69) is 34.4 Å². The lowest BCUT2D eigenvalue weighted by atomic mass is 10.0. The highest BCUT2D eigenvalue weighted by Crippen LogP contribution is 2.15. The van der Waals surface area contributed by atoms with Gasteiger partial charge in [-0.3, -0.25) is 9.89 Å². The lowest BCUT2D eigenvalue weighted by molar-refractivity contribution is 0.157. The minimum Gasteiger partial charge on any atom is -0.356 e. The second kappa shape index (κ2) is 11.8. The van der Waals surface area contributed by atoms with Crippen molar-refractivity contribution in [2.24, 2.45) is 4.99 Å². The summed E-state index contributed by atoms with van der Waals surface area (Å²) in [5.74, 6) is 0.949. The zero-order valence-corrected chi connectivity index (χ0v) is 15.1. The summed E-state index contributed by atoms with van der Waals surface area (Å²) < 4.78 is 0. The predicted molar refractivity (Wildman–Crippen MR) is 94.6 cm³/mol. The molecule has 0 aromatic carbocycles. The molecule has 0 aromatic heterocycles. The number of likely N-dealkylation sites (tertiary alicyclic amines) is 1. The number of unbranched alkanes of at least 4 members (excludes halogenated alkanes) is 1. The summed E-state index contributed by atoms with van der Waals surface area (Å²) in [6, 6.07) is 0.675. The Morgan fingerprint density at radius 2 is 2.05 bits per heavy atom. The summed E-state index contributed by atoms with van der Waals surface area (Å²) >= 11 is 0. The van der Waals surface area contributed by atoms with Crippen molar-refractivity contribution in [2.75, 3.05) is 33.2 Å². The second-order valence-electron chi connectivity index (χ2n) is 5.01. The SMILES string of the molecule is CCCCNC(=NC)NCC1CCCCN1CC.I. The van der Waals surface area contributed by atoms with Crippen LogP contribution in [0.5, 0.6) is 0 Å². The van der Waals surface area contributed by atoms with Gasteiger partial charge in [-0.05, 0) is 32.4 Å². The molecule has 114 valence electrons. The van der Waals surface area contributed by atoms with Crippen molar-refractivity contribution in [3.63, 3.8) is 0 Å². The highest BCUT2D eigenvalue weighted by molar-refractivity contribution is 14.0. The molecule has 1 fully saturated rings. The van der Waals surface area contributed by atoms with Gasteiger partial charge in [0.25, 0.3) is 0 Å². The van der Waals surface area contributed by atoms with Crippen LogP contribution in [0.25, 0.3) is 0 Å². The molecule has 1 saturated heterocycles. The first kappa shape index (κ1) is 19.0. The maximum absolute atomic E-state index is 4.27. The molecule has 2 N–H and O–H groups in total. The Balaban J connectivity index is 0.00000324. The highest BCUT2D eigenvalue weighted by Gasteiger charge is 2.20. The van der Waals surface area contributed by atoms with E-state index in [-0.39, 0.29) is 24.0 Å². The van der Waals surface area contributed by atoms with E-state index in [0.29, 0.717) is 6.04 Å². The van der Waals surface area contributed by atoms with E-state index in [1.807, 2.05) is 7.05 Å². The van der Waals surface area contributed by atoms with E-state index < -0.39 is 0 Å². The van der Waals surface area contributed by atoms with Crippen LogP contribution < -0.4 is 10.6 Å². The normalized spacial score (nSPS) is 20.8. The monoisotopic (exact) mass is 382 g/mol. The molecule has 0 aliphatic carbocycles. The molecule has 4 nitrogen and oxygen atoms in total. The van der Waals surface area contributed by atoms with Crippen LogP contribution in [0.15, 0.2) is 4.99 Å². The molecular weight excluding hydrogens is 351 g/mol. The number of nitrogens with zero attached hydrogens (tertiary/aromatic N) is 2. The smallest absolute Gasteiger partial charge is 0.191 e. The van der Waals surface area contributed by atoms with Crippen molar-refractivity contribution in [3.05, 3.63) is 0 Å². The van der Waals surface area contributed by atoms with Gasteiger partial charge < -0.3 is 10.6 Å². The topological polar surface area (TPSA) is 39.7 Å². The molecule has 1 aliphatic rings. The first-order valence-electron chi connectivity index (χ1n) is 7.50. The molecule has 1 unspecified atom stereocenters. The fraction of sp³-hybridized carbons (Fsp3) is 0.929. The Labute approximate surface area is 135 Å². The quantitative estimate of drug-likeness (QED) is 0.321. The molecule has 19 heavy (non-hydrogen) atoms. The van der Waals surface area contributed by atoms with E-state index >= 15 is 0 Å². The summed E-state index contributed by atoms with van der Waals surface area (Å²) in [6.45, 7) is 8.91. The molecule has 0 bridgehead atoms. The molecular formula is C14H31IN4. The average molecular weight is 382 g/mol.